The lowest BCUT2D eigenvalue weighted by molar-refractivity contribution is 0.480. The van der Waals surface area contributed by atoms with Gasteiger partial charge in [0.25, 0.3) is 0 Å². The van der Waals surface area contributed by atoms with Gasteiger partial charge in [0.2, 0.25) is 0 Å². The normalized spacial score (nSPS) is 8.53. The van der Waals surface area contributed by atoms with Gasteiger partial charge >= 0.3 is 0 Å². The van der Waals surface area contributed by atoms with E-state index in [0.29, 0.717) is 5.75 Å². The zero-order valence-electron chi connectivity index (χ0n) is 12.4. The van der Waals surface area contributed by atoms with E-state index in [4.69, 9.17) is 4.74 Å². The summed E-state index contributed by atoms with van der Waals surface area (Å²) < 4.78 is 18.2. The van der Waals surface area contributed by atoms with E-state index in [1.165, 1.54) is 12.1 Å². The molecule has 0 heterocycles. The van der Waals surface area contributed by atoms with Crippen molar-refractivity contribution in [3.63, 3.8) is 0 Å². The fraction of sp³-hybridized carbons (Fsp3) is 0.294. The summed E-state index contributed by atoms with van der Waals surface area (Å²) in [5.74, 6) is 1.15. The van der Waals surface area contributed by atoms with E-state index in [-0.39, 0.29) is 5.82 Å². The van der Waals surface area contributed by atoms with Gasteiger partial charge in [-0.25, -0.2) is 4.39 Å². The summed E-state index contributed by atoms with van der Waals surface area (Å²) in [5, 5.41) is 0. The van der Waals surface area contributed by atoms with E-state index in [0.717, 1.165) is 11.3 Å². The zero-order valence-corrected chi connectivity index (χ0v) is 12.4. The van der Waals surface area contributed by atoms with Crippen molar-refractivity contribution in [3.8, 4) is 11.5 Å². The minimum absolute atomic E-state index is 0.258. The number of hydrogen-bond donors (Lipinski definition) is 0. The van der Waals surface area contributed by atoms with Crippen LogP contribution in [0.2, 0.25) is 0 Å². The Hall–Kier alpha value is -1.83. The molecule has 0 N–H and O–H groups in total. The predicted octanol–water partition coefficient (Wildman–Crippen LogP) is 5.98. The molecule has 0 amide bonds. The zero-order chi connectivity index (χ0) is 14.7. The Kier molecular flexibility index (Phi) is 9.15. The molecule has 0 atom stereocenters. The molecule has 0 aliphatic carbocycles. The second kappa shape index (κ2) is 10.1. The molecule has 0 spiro atoms. The summed E-state index contributed by atoms with van der Waals surface area (Å²) in [6, 6.07) is 13.7. The van der Waals surface area contributed by atoms with Crippen LogP contribution in [-0.2, 0) is 0 Å². The molecular formula is C17H23FO. The first kappa shape index (κ1) is 17.2. The first-order valence-electron chi connectivity index (χ1n) is 6.74. The molecule has 0 aliphatic heterocycles. The fourth-order valence-corrected chi connectivity index (χ4v) is 1.32. The summed E-state index contributed by atoms with van der Waals surface area (Å²) in [6.07, 6.45) is 0. The highest BCUT2D eigenvalue weighted by atomic mass is 19.1. The Bertz CT molecular complexity index is 449. The topological polar surface area (TPSA) is 9.23 Å². The molecule has 19 heavy (non-hydrogen) atoms. The average Bonchev–Trinajstić information content (AvgIpc) is 2.46. The smallest absolute Gasteiger partial charge is 0.127 e. The van der Waals surface area contributed by atoms with Crippen LogP contribution in [0.4, 0.5) is 4.39 Å². The quantitative estimate of drug-likeness (QED) is 0.647. The van der Waals surface area contributed by atoms with Crippen molar-refractivity contribution < 1.29 is 9.13 Å². The number of aryl methyl sites for hydroxylation is 1. The first-order valence-corrected chi connectivity index (χ1v) is 6.74. The molecule has 1 nitrogen and oxygen atoms in total. The fourth-order valence-electron chi connectivity index (χ4n) is 1.32. The van der Waals surface area contributed by atoms with Crippen molar-refractivity contribution in [2.75, 3.05) is 0 Å². The molecular weight excluding hydrogens is 239 g/mol. The van der Waals surface area contributed by atoms with Crippen molar-refractivity contribution in [2.45, 2.75) is 34.6 Å². The largest absolute Gasteiger partial charge is 0.457 e. The maximum Gasteiger partial charge on any atom is 0.127 e. The van der Waals surface area contributed by atoms with Gasteiger partial charge in [0.15, 0.2) is 0 Å². The Labute approximate surface area is 116 Å². The predicted molar refractivity (Wildman–Crippen MR) is 80.3 cm³/mol. The van der Waals surface area contributed by atoms with Crippen LogP contribution in [-0.4, -0.2) is 0 Å². The molecule has 2 aromatic carbocycles. The van der Waals surface area contributed by atoms with Gasteiger partial charge in [-0.05, 0) is 48.9 Å². The van der Waals surface area contributed by atoms with Crippen LogP contribution >= 0.6 is 0 Å². The first-order chi connectivity index (χ1) is 9.24. The molecule has 0 bridgehead atoms. The van der Waals surface area contributed by atoms with E-state index in [2.05, 4.69) is 0 Å². The molecule has 0 unspecified atom stereocenters. The molecule has 2 rings (SSSR count). The lowest BCUT2D eigenvalue weighted by atomic mass is 10.2. The molecule has 2 heteroatoms. The molecule has 0 saturated carbocycles. The minimum Gasteiger partial charge on any atom is -0.457 e. The Morgan fingerprint density at radius 2 is 1.37 bits per heavy atom. The van der Waals surface area contributed by atoms with Crippen molar-refractivity contribution in [1.29, 1.82) is 0 Å². The second-order valence-corrected chi connectivity index (χ2v) is 3.37. The number of hydrogen-bond acceptors (Lipinski definition) is 1. The van der Waals surface area contributed by atoms with E-state index in [1.54, 1.807) is 12.1 Å². The van der Waals surface area contributed by atoms with Gasteiger partial charge in [0.05, 0.1) is 0 Å². The van der Waals surface area contributed by atoms with Gasteiger partial charge in [-0.1, -0.05) is 39.8 Å². The molecule has 0 fully saturated rings. The molecule has 0 aromatic heterocycles. The van der Waals surface area contributed by atoms with Gasteiger partial charge in [0.1, 0.15) is 17.3 Å². The number of rotatable bonds is 2. The molecule has 2 aromatic rings. The molecule has 0 radical (unpaired) electrons. The summed E-state index contributed by atoms with van der Waals surface area (Å²) in [7, 11) is 0. The van der Waals surface area contributed by atoms with Gasteiger partial charge in [-0.2, -0.15) is 0 Å². The second-order valence-electron chi connectivity index (χ2n) is 3.37. The summed E-state index contributed by atoms with van der Waals surface area (Å²) in [5.41, 5.74) is 1.13. The van der Waals surface area contributed by atoms with Crippen molar-refractivity contribution in [1.82, 2.24) is 0 Å². The van der Waals surface area contributed by atoms with Crippen LogP contribution in [0.15, 0.2) is 48.5 Å². The van der Waals surface area contributed by atoms with Crippen LogP contribution < -0.4 is 4.74 Å². The third kappa shape index (κ3) is 6.61. The lowest BCUT2D eigenvalue weighted by Gasteiger charge is -2.05. The van der Waals surface area contributed by atoms with E-state index in [1.807, 2.05) is 58.9 Å². The van der Waals surface area contributed by atoms with Gasteiger partial charge in [-0.15, -0.1) is 0 Å². The van der Waals surface area contributed by atoms with Crippen molar-refractivity contribution in [2.24, 2.45) is 0 Å². The highest BCUT2D eigenvalue weighted by molar-refractivity contribution is 5.33. The summed E-state index contributed by atoms with van der Waals surface area (Å²) in [6.45, 7) is 10.00. The maximum absolute atomic E-state index is 12.6. The Morgan fingerprint density at radius 1 is 0.789 bits per heavy atom. The number of ether oxygens (including phenoxy) is 1. The van der Waals surface area contributed by atoms with E-state index < -0.39 is 0 Å². The monoisotopic (exact) mass is 262 g/mol. The van der Waals surface area contributed by atoms with E-state index in [9.17, 15) is 4.39 Å². The summed E-state index contributed by atoms with van der Waals surface area (Å²) >= 11 is 0. The van der Waals surface area contributed by atoms with Crippen LogP contribution in [0.1, 0.15) is 33.3 Å². The van der Waals surface area contributed by atoms with Crippen LogP contribution in [0.25, 0.3) is 0 Å². The summed E-state index contributed by atoms with van der Waals surface area (Å²) in [4.78, 5) is 0. The van der Waals surface area contributed by atoms with Crippen LogP contribution in [0.5, 0.6) is 11.5 Å². The van der Waals surface area contributed by atoms with Gasteiger partial charge in [-0.3, -0.25) is 0 Å². The van der Waals surface area contributed by atoms with E-state index >= 15 is 0 Å². The van der Waals surface area contributed by atoms with Crippen LogP contribution in [0.3, 0.4) is 0 Å². The Morgan fingerprint density at radius 3 is 1.89 bits per heavy atom. The maximum atomic E-state index is 12.6. The lowest BCUT2D eigenvalue weighted by Crippen LogP contribution is -1.84. The molecule has 0 saturated heterocycles. The molecule has 104 valence electrons. The minimum atomic E-state index is -0.258. The third-order valence-electron chi connectivity index (χ3n) is 2.04. The number of halogens is 1. The SMILES string of the molecule is CC.CC.Cc1cccc(Oc2ccc(F)cc2)c1. The van der Waals surface area contributed by atoms with Crippen LogP contribution in [0, 0.1) is 12.7 Å². The highest BCUT2D eigenvalue weighted by Gasteiger charge is 1.97. The molecule has 0 aliphatic rings. The average molecular weight is 262 g/mol. The highest BCUT2D eigenvalue weighted by Crippen LogP contribution is 2.21. The Balaban J connectivity index is 0.000000741. The number of benzene rings is 2. The van der Waals surface area contributed by atoms with Gasteiger partial charge in [0, 0.05) is 0 Å². The standard InChI is InChI=1S/C13H11FO.2C2H6/c1-10-3-2-4-13(9-10)15-12-7-5-11(14)6-8-12;2*1-2/h2-9H,1H3;2*1-2H3. The van der Waals surface area contributed by atoms with Crippen molar-refractivity contribution in [3.05, 3.63) is 59.9 Å². The van der Waals surface area contributed by atoms with Gasteiger partial charge < -0.3 is 4.74 Å². The third-order valence-corrected chi connectivity index (χ3v) is 2.04. The van der Waals surface area contributed by atoms with Crippen molar-refractivity contribution >= 4 is 0 Å².